The Balaban J connectivity index is 2.05. The SMILES string of the molecule is OCC(O)COc1ccc2c(c1)CCCC2O. The number of benzene rings is 1. The number of aliphatic hydroxyl groups excluding tert-OH is 3. The fraction of sp³-hybridized carbons (Fsp3) is 0.538. The lowest BCUT2D eigenvalue weighted by molar-refractivity contribution is 0.0535. The van der Waals surface area contributed by atoms with Crippen LogP contribution in [0.2, 0.25) is 0 Å². The van der Waals surface area contributed by atoms with Gasteiger partial charge in [-0.15, -0.1) is 0 Å². The zero-order valence-corrected chi connectivity index (χ0v) is 9.67. The largest absolute Gasteiger partial charge is 0.491 e. The second kappa shape index (κ2) is 5.49. The minimum Gasteiger partial charge on any atom is -0.491 e. The zero-order valence-electron chi connectivity index (χ0n) is 9.67. The van der Waals surface area contributed by atoms with E-state index in [2.05, 4.69) is 0 Å². The van der Waals surface area contributed by atoms with Crippen LogP contribution >= 0.6 is 0 Å². The molecular weight excluding hydrogens is 220 g/mol. The van der Waals surface area contributed by atoms with Crippen molar-refractivity contribution in [2.24, 2.45) is 0 Å². The molecule has 3 N–H and O–H groups in total. The molecule has 4 heteroatoms. The summed E-state index contributed by atoms with van der Waals surface area (Å²) in [6.07, 6.45) is 1.53. The number of aryl methyl sites for hydroxylation is 1. The van der Waals surface area contributed by atoms with Gasteiger partial charge in [-0.3, -0.25) is 0 Å². The topological polar surface area (TPSA) is 69.9 Å². The maximum absolute atomic E-state index is 9.79. The summed E-state index contributed by atoms with van der Waals surface area (Å²) in [6, 6.07) is 5.57. The van der Waals surface area contributed by atoms with Crippen LogP contribution in [0.25, 0.3) is 0 Å². The number of aliphatic hydroxyl groups is 3. The van der Waals surface area contributed by atoms with Crippen molar-refractivity contribution in [3.8, 4) is 5.75 Å². The number of hydrogen-bond donors (Lipinski definition) is 3. The average molecular weight is 238 g/mol. The van der Waals surface area contributed by atoms with Gasteiger partial charge in [-0.2, -0.15) is 0 Å². The van der Waals surface area contributed by atoms with Gasteiger partial charge in [0.2, 0.25) is 0 Å². The van der Waals surface area contributed by atoms with Crippen LogP contribution in [-0.4, -0.2) is 34.6 Å². The molecule has 0 spiro atoms. The quantitative estimate of drug-likeness (QED) is 0.725. The second-order valence-electron chi connectivity index (χ2n) is 4.42. The third-order valence-electron chi connectivity index (χ3n) is 3.05. The molecule has 2 rings (SSSR count). The minimum absolute atomic E-state index is 0.0812. The van der Waals surface area contributed by atoms with Crippen LogP contribution in [0.5, 0.6) is 5.75 Å². The molecule has 2 atom stereocenters. The highest BCUT2D eigenvalue weighted by atomic mass is 16.5. The summed E-state index contributed by atoms with van der Waals surface area (Å²) in [6.45, 7) is -0.221. The lowest BCUT2D eigenvalue weighted by Gasteiger charge is -2.22. The van der Waals surface area contributed by atoms with E-state index in [1.165, 1.54) is 0 Å². The predicted octanol–water partition coefficient (Wildman–Crippen LogP) is 0.788. The Morgan fingerprint density at radius 3 is 3.00 bits per heavy atom. The lowest BCUT2D eigenvalue weighted by Crippen LogP contribution is -2.21. The van der Waals surface area contributed by atoms with Crippen LogP contribution in [0, 0.1) is 0 Å². The summed E-state index contributed by atoms with van der Waals surface area (Å²) in [5.74, 6) is 0.672. The number of ether oxygens (including phenoxy) is 1. The van der Waals surface area contributed by atoms with E-state index in [9.17, 15) is 10.2 Å². The molecule has 2 unspecified atom stereocenters. The summed E-state index contributed by atoms with van der Waals surface area (Å²) in [4.78, 5) is 0. The first-order chi connectivity index (χ1) is 8.20. The number of rotatable bonds is 4. The van der Waals surface area contributed by atoms with Gasteiger partial charge in [-0.1, -0.05) is 6.07 Å². The van der Waals surface area contributed by atoms with Crippen LogP contribution in [-0.2, 0) is 6.42 Å². The van der Waals surface area contributed by atoms with Crippen LogP contribution < -0.4 is 4.74 Å². The van der Waals surface area contributed by atoms with Crippen molar-refractivity contribution < 1.29 is 20.1 Å². The first-order valence-corrected chi connectivity index (χ1v) is 5.93. The van der Waals surface area contributed by atoms with E-state index in [0.29, 0.717) is 5.75 Å². The first kappa shape index (κ1) is 12.4. The van der Waals surface area contributed by atoms with Gasteiger partial charge in [0.25, 0.3) is 0 Å². The molecule has 0 radical (unpaired) electrons. The molecule has 0 heterocycles. The average Bonchev–Trinajstić information content (AvgIpc) is 2.36. The fourth-order valence-electron chi connectivity index (χ4n) is 2.10. The summed E-state index contributed by atoms with van der Waals surface area (Å²) in [7, 11) is 0. The Morgan fingerprint density at radius 2 is 2.24 bits per heavy atom. The van der Waals surface area contributed by atoms with Gasteiger partial charge in [0.1, 0.15) is 18.5 Å². The molecule has 0 aliphatic heterocycles. The normalized spacial score (nSPS) is 20.8. The molecule has 0 saturated heterocycles. The van der Waals surface area contributed by atoms with Crippen LogP contribution in [0.3, 0.4) is 0 Å². The van der Waals surface area contributed by atoms with Gasteiger partial charge < -0.3 is 20.1 Å². The lowest BCUT2D eigenvalue weighted by atomic mass is 9.89. The molecule has 0 bridgehead atoms. The Hall–Kier alpha value is -1.10. The maximum atomic E-state index is 9.79. The molecule has 1 aromatic rings. The van der Waals surface area contributed by atoms with Gasteiger partial charge in [0, 0.05) is 0 Å². The first-order valence-electron chi connectivity index (χ1n) is 5.93. The summed E-state index contributed by atoms with van der Waals surface area (Å²) in [5, 5.41) is 27.7. The van der Waals surface area contributed by atoms with Crippen molar-refractivity contribution in [1.29, 1.82) is 0 Å². The van der Waals surface area contributed by atoms with E-state index in [1.807, 2.05) is 12.1 Å². The van der Waals surface area contributed by atoms with E-state index >= 15 is 0 Å². The monoisotopic (exact) mass is 238 g/mol. The van der Waals surface area contributed by atoms with Gasteiger partial charge in [-0.05, 0) is 42.5 Å². The van der Waals surface area contributed by atoms with E-state index in [1.54, 1.807) is 6.07 Å². The molecule has 4 nitrogen and oxygen atoms in total. The number of fused-ring (bicyclic) bond motifs is 1. The Morgan fingerprint density at radius 1 is 1.41 bits per heavy atom. The van der Waals surface area contributed by atoms with Crippen molar-refractivity contribution in [1.82, 2.24) is 0 Å². The van der Waals surface area contributed by atoms with E-state index in [4.69, 9.17) is 9.84 Å². The highest BCUT2D eigenvalue weighted by Crippen LogP contribution is 2.31. The standard InChI is InChI=1S/C13H18O4/c14-7-10(15)8-17-11-4-5-12-9(6-11)2-1-3-13(12)16/h4-6,10,13-16H,1-3,7-8H2. The highest BCUT2D eigenvalue weighted by Gasteiger charge is 2.18. The van der Waals surface area contributed by atoms with Crippen LogP contribution in [0.15, 0.2) is 18.2 Å². The number of hydrogen-bond acceptors (Lipinski definition) is 4. The minimum atomic E-state index is -0.850. The van der Waals surface area contributed by atoms with Gasteiger partial charge >= 0.3 is 0 Å². The molecule has 1 aliphatic carbocycles. The molecule has 0 aromatic heterocycles. The van der Waals surface area contributed by atoms with Crippen molar-refractivity contribution in [3.63, 3.8) is 0 Å². The van der Waals surface area contributed by atoms with Gasteiger partial charge in [0.05, 0.1) is 12.7 Å². The Labute approximate surface area is 100 Å². The summed E-state index contributed by atoms with van der Waals surface area (Å²) >= 11 is 0. The molecule has 17 heavy (non-hydrogen) atoms. The van der Waals surface area contributed by atoms with Gasteiger partial charge in [-0.25, -0.2) is 0 Å². The molecule has 0 fully saturated rings. The Bertz CT molecular complexity index is 378. The Kier molecular flexibility index (Phi) is 3.99. The molecule has 0 saturated carbocycles. The van der Waals surface area contributed by atoms with Crippen LogP contribution in [0.1, 0.15) is 30.1 Å². The van der Waals surface area contributed by atoms with Crippen molar-refractivity contribution in [2.45, 2.75) is 31.5 Å². The third kappa shape index (κ3) is 2.97. The van der Waals surface area contributed by atoms with Crippen molar-refractivity contribution in [2.75, 3.05) is 13.2 Å². The van der Waals surface area contributed by atoms with Gasteiger partial charge in [0.15, 0.2) is 0 Å². The molecular formula is C13H18O4. The third-order valence-corrected chi connectivity index (χ3v) is 3.05. The van der Waals surface area contributed by atoms with Crippen molar-refractivity contribution >= 4 is 0 Å². The van der Waals surface area contributed by atoms with Crippen molar-refractivity contribution in [3.05, 3.63) is 29.3 Å². The fourth-order valence-corrected chi connectivity index (χ4v) is 2.10. The van der Waals surface area contributed by atoms with E-state index in [0.717, 1.165) is 30.4 Å². The molecule has 1 aromatic carbocycles. The highest BCUT2D eigenvalue weighted by molar-refractivity contribution is 5.38. The zero-order chi connectivity index (χ0) is 12.3. The molecule has 94 valence electrons. The van der Waals surface area contributed by atoms with E-state index in [-0.39, 0.29) is 19.3 Å². The van der Waals surface area contributed by atoms with E-state index < -0.39 is 6.10 Å². The molecule has 0 amide bonds. The maximum Gasteiger partial charge on any atom is 0.119 e. The van der Waals surface area contributed by atoms with Crippen LogP contribution in [0.4, 0.5) is 0 Å². The smallest absolute Gasteiger partial charge is 0.119 e. The summed E-state index contributed by atoms with van der Waals surface area (Å²) < 4.78 is 5.37. The second-order valence-corrected chi connectivity index (χ2v) is 4.42. The summed E-state index contributed by atoms with van der Waals surface area (Å²) in [5.41, 5.74) is 2.09. The molecule has 1 aliphatic rings. The predicted molar refractivity (Wildman–Crippen MR) is 62.9 cm³/mol.